The predicted octanol–water partition coefficient (Wildman–Crippen LogP) is 2.89. The summed E-state index contributed by atoms with van der Waals surface area (Å²) in [6, 6.07) is 14.2. The number of urea groups is 1. The number of carboxylic acid groups (broad SMARTS) is 1. The first-order valence-electron chi connectivity index (χ1n) is 7.75. The van der Waals surface area contributed by atoms with Gasteiger partial charge < -0.3 is 15.3 Å². The van der Waals surface area contributed by atoms with Crippen LogP contribution in [0.2, 0.25) is 0 Å². The highest BCUT2D eigenvalue weighted by atomic mass is 16.4. The molecule has 0 aliphatic heterocycles. The van der Waals surface area contributed by atoms with Crippen molar-refractivity contribution in [1.82, 2.24) is 10.2 Å². The van der Waals surface area contributed by atoms with Crippen molar-refractivity contribution < 1.29 is 14.7 Å². The Morgan fingerprint density at radius 2 is 1.87 bits per heavy atom. The molecule has 2 rings (SSSR count). The molecule has 0 radical (unpaired) electrons. The summed E-state index contributed by atoms with van der Waals surface area (Å²) >= 11 is 0. The minimum atomic E-state index is -0.844. The Bertz CT molecular complexity index is 680. The zero-order chi connectivity index (χ0) is 16.7. The van der Waals surface area contributed by atoms with Gasteiger partial charge in [-0.3, -0.25) is 4.79 Å². The third-order valence-electron chi connectivity index (χ3n) is 3.79. The number of likely N-dealkylation sites (N-methyl/N-ethyl adjacent to an activating group) is 1. The molecule has 0 spiro atoms. The van der Waals surface area contributed by atoms with Crippen LogP contribution in [0.15, 0.2) is 42.5 Å². The number of carboxylic acids is 1. The molecule has 0 bridgehead atoms. The minimum absolute atomic E-state index is 0.0694. The van der Waals surface area contributed by atoms with Crippen LogP contribution in [0.3, 0.4) is 0 Å². The highest BCUT2D eigenvalue weighted by molar-refractivity contribution is 5.85. The average molecular weight is 314 g/mol. The Balaban J connectivity index is 1.84. The van der Waals surface area contributed by atoms with Crippen LogP contribution in [0, 0.1) is 0 Å². The molecule has 23 heavy (non-hydrogen) atoms. The molecule has 2 aromatic rings. The molecule has 122 valence electrons. The van der Waals surface area contributed by atoms with Gasteiger partial charge in [0, 0.05) is 26.6 Å². The third-order valence-corrected chi connectivity index (χ3v) is 3.79. The van der Waals surface area contributed by atoms with Gasteiger partial charge in [0.1, 0.15) is 0 Å². The lowest BCUT2D eigenvalue weighted by Gasteiger charge is -2.18. The maximum absolute atomic E-state index is 11.9. The van der Waals surface area contributed by atoms with E-state index in [0.29, 0.717) is 19.5 Å². The van der Waals surface area contributed by atoms with E-state index in [4.69, 9.17) is 5.11 Å². The van der Waals surface area contributed by atoms with E-state index in [-0.39, 0.29) is 12.5 Å². The van der Waals surface area contributed by atoms with Crippen molar-refractivity contribution in [2.45, 2.75) is 19.3 Å². The van der Waals surface area contributed by atoms with Crippen molar-refractivity contribution in [3.63, 3.8) is 0 Å². The number of benzene rings is 2. The van der Waals surface area contributed by atoms with E-state index in [1.54, 1.807) is 11.9 Å². The molecule has 0 aliphatic rings. The molecule has 2 N–H and O–H groups in total. The lowest BCUT2D eigenvalue weighted by molar-refractivity contribution is -0.137. The number of fused-ring (bicyclic) bond motifs is 1. The lowest BCUT2D eigenvalue weighted by Crippen LogP contribution is -2.38. The monoisotopic (exact) mass is 314 g/mol. The van der Waals surface area contributed by atoms with Crippen LogP contribution in [0.1, 0.15) is 18.4 Å². The van der Waals surface area contributed by atoms with Gasteiger partial charge in [0.15, 0.2) is 0 Å². The first-order chi connectivity index (χ1) is 11.1. The molecule has 0 fully saturated rings. The number of aliphatic carboxylic acids is 1. The highest BCUT2D eigenvalue weighted by Gasteiger charge is 2.09. The number of carbonyl (C=O) groups excluding carboxylic acids is 1. The fraction of sp³-hybridized carbons (Fsp3) is 0.333. The Labute approximate surface area is 135 Å². The van der Waals surface area contributed by atoms with Crippen LogP contribution in [0.25, 0.3) is 10.8 Å². The predicted molar refractivity (Wildman–Crippen MR) is 90.6 cm³/mol. The van der Waals surface area contributed by atoms with Crippen LogP contribution >= 0.6 is 0 Å². The first-order valence-corrected chi connectivity index (χ1v) is 7.75. The smallest absolute Gasteiger partial charge is 0.317 e. The molecule has 0 heterocycles. The molecule has 0 saturated carbocycles. The van der Waals surface area contributed by atoms with E-state index in [9.17, 15) is 9.59 Å². The van der Waals surface area contributed by atoms with Gasteiger partial charge in [-0.25, -0.2) is 4.79 Å². The Kier molecular flexibility index (Phi) is 5.97. The highest BCUT2D eigenvalue weighted by Crippen LogP contribution is 2.18. The number of nitrogens with one attached hydrogen (secondary N) is 1. The summed E-state index contributed by atoms with van der Waals surface area (Å²) in [6.07, 6.45) is 1.29. The fourth-order valence-corrected chi connectivity index (χ4v) is 2.47. The summed E-state index contributed by atoms with van der Waals surface area (Å²) in [4.78, 5) is 24.0. The quantitative estimate of drug-likeness (QED) is 0.772. The van der Waals surface area contributed by atoms with Crippen LogP contribution in [0.4, 0.5) is 4.79 Å². The number of hydrogen-bond acceptors (Lipinski definition) is 2. The van der Waals surface area contributed by atoms with Gasteiger partial charge in [-0.05, 0) is 29.2 Å². The summed E-state index contributed by atoms with van der Waals surface area (Å²) in [6.45, 7) is 0.989. The van der Waals surface area contributed by atoms with Crippen LogP contribution in [-0.2, 0) is 11.2 Å². The summed E-state index contributed by atoms with van der Waals surface area (Å²) in [5.41, 5.74) is 1.22. The lowest BCUT2D eigenvalue weighted by atomic mass is 10.0. The maximum Gasteiger partial charge on any atom is 0.317 e. The average Bonchev–Trinajstić information content (AvgIpc) is 2.56. The van der Waals surface area contributed by atoms with E-state index < -0.39 is 5.97 Å². The Morgan fingerprint density at radius 1 is 1.13 bits per heavy atom. The van der Waals surface area contributed by atoms with E-state index in [2.05, 4.69) is 29.6 Å². The van der Waals surface area contributed by atoms with Gasteiger partial charge >= 0.3 is 12.0 Å². The third kappa shape index (κ3) is 4.98. The minimum Gasteiger partial charge on any atom is -0.481 e. The van der Waals surface area contributed by atoms with Gasteiger partial charge in [-0.2, -0.15) is 0 Å². The fourth-order valence-electron chi connectivity index (χ4n) is 2.47. The molecule has 0 aliphatic carbocycles. The largest absolute Gasteiger partial charge is 0.481 e. The second kappa shape index (κ2) is 8.17. The van der Waals surface area contributed by atoms with E-state index in [1.807, 2.05) is 18.2 Å². The molecule has 5 heteroatoms. The summed E-state index contributed by atoms with van der Waals surface area (Å²) in [7, 11) is 1.75. The number of carbonyl (C=O) groups is 2. The summed E-state index contributed by atoms with van der Waals surface area (Å²) in [5, 5.41) is 13.7. The number of nitrogens with zero attached hydrogens (tertiary/aromatic N) is 1. The van der Waals surface area contributed by atoms with Crippen LogP contribution in [-0.4, -0.2) is 42.1 Å². The van der Waals surface area contributed by atoms with Crippen molar-refractivity contribution in [2.75, 3.05) is 20.1 Å². The second-order valence-electron chi connectivity index (χ2n) is 5.54. The van der Waals surface area contributed by atoms with Crippen molar-refractivity contribution >= 4 is 22.8 Å². The Morgan fingerprint density at radius 3 is 2.65 bits per heavy atom. The van der Waals surface area contributed by atoms with E-state index in [0.717, 1.165) is 6.42 Å². The van der Waals surface area contributed by atoms with E-state index >= 15 is 0 Å². The molecule has 0 saturated heterocycles. The van der Waals surface area contributed by atoms with Gasteiger partial charge in [-0.1, -0.05) is 42.5 Å². The molecule has 2 amide bonds. The standard InChI is InChI=1S/C18H22N2O3/c1-20(18(23)19-12-5-10-17(21)22)13-11-15-8-4-7-14-6-2-3-9-16(14)15/h2-4,6-9H,5,10-13H2,1H3,(H,19,23)(H,21,22). The molecular weight excluding hydrogens is 292 g/mol. The normalized spacial score (nSPS) is 10.5. The number of rotatable bonds is 7. The summed E-state index contributed by atoms with van der Waals surface area (Å²) < 4.78 is 0. The molecule has 0 unspecified atom stereocenters. The molecular formula is C18H22N2O3. The van der Waals surface area contributed by atoms with Crippen LogP contribution < -0.4 is 5.32 Å². The molecule has 2 aromatic carbocycles. The zero-order valence-corrected chi connectivity index (χ0v) is 13.3. The maximum atomic E-state index is 11.9. The van der Waals surface area contributed by atoms with Crippen molar-refractivity contribution in [3.05, 3.63) is 48.0 Å². The van der Waals surface area contributed by atoms with E-state index in [1.165, 1.54) is 16.3 Å². The van der Waals surface area contributed by atoms with Crippen LogP contribution in [0.5, 0.6) is 0 Å². The topological polar surface area (TPSA) is 69.6 Å². The Hall–Kier alpha value is -2.56. The second-order valence-corrected chi connectivity index (χ2v) is 5.54. The van der Waals surface area contributed by atoms with Gasteiger partial charge in [0.05, 0.1) is 0 Å². The number of amides is 2. The number of hydrogen-bond donors (Lipinski definition) is 2. The van der Waals surface area contributed by atoms with Crippen molar-refractivity contribution in [3.8, 4) is 0 Å². The van der Waals surface area contributed by atoms with Gasteiger partial charge in [0.2, 0.25) is 0 Å². The van der Waals surface area contributed by atoms with Crippen molar-refractivity contribution in [1.29, 1.82) is 0 Å². The molecule has 5 nitrogen and oxygen atoms in total. The SMILES string of the molecule is CN(CCc1cccc2ccccc12)C(=O)NCCCC(=O)O. The molecule has 0 atom stereocenters. The molecule has 0 aromatic heterocycles. The van der Waals surface area contributed by atoms with Gasteiger partial charge in [0.25, 0.3) is 0 Å². The van der Waals surface area contributed by atoms with Crippen molar-refractivity contribution in [2.24, 2.45) is 0 Å². The van der Waals surface area contributed by atoms with Gasteiger partial charge in [-0.15, -0.1) is 0 Å². The first kappa shape index (κ1) is 16.8. The summed E-state index contributed by atoms with van der Waals surface area (Å²) in [5.74, 6) is -0.844. The zero-order valence-electron chi connectivity index (χ0n) is 13.3.